The van der Waals surface area contributed by atoms with E-state index in [9.17, 15) is 14.7 Å². The minimum atomic E-state index is -1.09. The van der Waals surface area contributed by atoms with Gasteiger partial charge in [-0.05, 0) is 12.5 Å². The van der Waals surface area contributed by atoms with Gasteiger partial charge in [0.15, 0.2) is 6.04 Å². The van der Waals surface area contributed by atoms with Crippen molar-refractivity contribution in [1.82, 2.24) is 5.32 Å². The highest BCUT2D eigenvalue weighted by Crippen LogP contribution is 2.00. The third-order valence-electron chi connectivity index (χ3n) is 2.60. The lowest BCUT2D eigenvalue weighted by atomic mass is 10.2. The molecule has 0 fully saturated rings. The third kappa shape index (κ3) is 5.38. The molecule has 0 heterocycles. The number of esters is 1. The molecular formula is C14H19NO5. The first-order chi connectivity index (χ1) is 9.54. The molecule has 0 spiro atoms. The second-order valence-electron chi connectivity index (χ2n) is 4.29. The zero-order valence-electron chi connectivity index (χ0n) is 11.5. The van der Waals surface area contributed by atoms with Crippen LogP contribution in [0.4, 0.5) is 0 Å². The van der Waals surface area contributed by atoms with E-state index in [0.29, 0.717) is 6.61 Å². The number of carbonyl (C=O) groups is 2. The van der Waals surface area contributed by atoms with E-state index in [2.05, 4.69) is 10.1 Å². The van der Waals surface area contributed by atoms with E-state index in [1.807, 2.05) is 30.3 Å². The molecule has 1 aromatic carbocycles. The lowest BCUT2D eigenvalue weighted by Gasteiger charge is -2.18. The average Bonchev–Trinajstić information content (AvgIpc) is 2.45. The molecule has 0 aliphatic carbocycles. The fraction of sp³-hybridized carbons (Fsp3) is 0.429. The molecule has 2 N–H and O–H groups in total. The second kappa shape index (κ2) is 8.29. The van der Waals surface area contributed by atoms with E-state index in [1.54, 1.807) is 0 Å². The third-order valence-corrected chi connectivity index (χ3v) is 2.60. The zero-order valence-corrected chi connectivity index (χ0v) is 11.5. The van der Waals surface area contributed by atoms with Gasteiger partial charge >= 0.3 is 5.97 Å². The first kappa shape index (κ1) is 16.1. The predicted molar refractivity (Wildman–Crippen MR) is 71.7 cm³/mol. The largest absolute Gasteiger partial charge is 0.467 e. The van der Waals surface area contributed by atoms with Crippen LogP contribution in [0.1, 0.15) is 12.5 Å². The second-order valence-corrected chi connectivity index (χ2v) is 4.29. The number of carbonyl (C=O) groups excluding carboxylic acids is 2. The molecule has 2 atom stereocenters. The molecule has 20 heavy (non-hydrogen) atoms. The van der Waals surface area contributed by atoms with E-state index in [-0.39, 0.29) is 6.61 Å². The summed E-state index contributed by atoms with van der Waals surface area (Å²) in [5.41, 5.74) is 0.945. The molecule has 0 saturated carbocycles. The van der Waals surface area contributed by atoms with Crippen molar-refractivity contribution in [2.75, 3.05) is 13.7 Å². The van der Waals surface area contributed by atoms with E-state index in [0.717, 1.165) is 5.56 Å². The van der Waals surface area contributed by atoms with Gasteiger partial charge in [0.25, 0.3) is 0 Å². The molecule has 0 unspecified atom stereocenters. The van der Waals surface area contributed by atoms with Gasteiger partial charge < -0.3 is 19.9 Å². The van der Waals surface area contributed by atoms with Crippen LogP contribution >= 0.6 is 0 Å². The Kier molecular flexibility index (Phi) is 6.69. The van der Waals surface area contributed by atoms with Gasteiger partial charge in [-0.25, -0.2) is 4.79 Å². The Morgan fingerprint density at radius 3 is 2.50 bits per heavy atom. The molecule has 0 aromatic heterocycles. The summed E-state index contributed by atoms with van der Waals surface area (Å²) >= 11 is 0. The highest BCUT2D eigenvalue weighted by Gasteiger charge is 2.26. The van der Waals surface area contributed by atoms with Gasteiger partial charge in [0, 0.05) is 0 Å². The smallest absolute Gasteiger partial charge is 0.331 e. The maximum Gasteiger partial charge on any atom is 0.331 e. The summed E-state index contributed by atoms with van der Waals surface area (Å²) in [5, 5.41) is 11.8. The molecule has 1 amide bonds. The Bertz CT molecular complexity index is 432. The lowest BCUT2D eigenvalue weighted by Crippen LogP contribution is -2.49. The molecule has 1 aromatic rings. The van der Waals surface area contributed by atoms with Gasteiger partial charge in [-0.1, -0.05) is 30.3 Å². The molecule has 0 bridgehead atoms. The Hall–Kier alpha value is -1.92. The SMILES string of the molecule is COC(=O)[C@@H](NC(=O)COCc1ccccc1)[C@@H](C)O. The molecule has 0 aliphatic rings. The van der Waals surface area contributed by atoms with E-state index >= 15 is 0 Å². The number of aliphatic hydroxyl groups excluding tert-OH is 1. The summed E-state index contributed by atoms with van der Waals surface area (Å²) in [4.78, 5) is 23.0. The summed E-state index contributed by atoms with van der Waals surface area (Å²) < 4.78 is 9.72. The fourth-order valence-electron chi connectivity index (χ4n) is 1.55. The number of hydrogen-bond acceptors (Lipinski definition) is 5. The van der Waals surface area contributed by atoms with Gasteiger partial charge in [0.2, 0.25) is 5.91 Å². The summed E-state index contributed by atoms with van der Waals surface area (Å²) in [7, 11) is 1.19. The monoisotopic (exact) mass is 281 g/mol. The molecule has 0 radical (unpaired) electrons. The normalized spacial score (nSPS) is 13.3. The van der Waals surface area contributed by atoms with Crippen molar-refractivity contribution in [3.63, 3.8) is 0 Å². The Balaban J connectivity index is 2.37. The maximum absolute atomic E-state index is 11.6. The van der Waals surface area contributed by atoms with Gasteiger partial charge in [0.1, 0.15) is 6.61 Å². The Morgan fingerprint density at radius 2 is 1.95 bits per heavy atom. The number of benzene rings is 1. The number of aliphatic hydroxyl groups is 1. The van der Waals surface area contributed by atoms with Crippen LogP contribution in [0.5, 0.6) is 0 Å². The minimum absolute atomic E-state index is 0.199. The first-order valence-corrected chi connectivity index (χ1v) is 6.21. The Morgan fingerprint density at radius 1 is 1.30 bits per heavy atom. The first-order valence-electron chi connectivity index (χ1n) is 6.21. The van der Waals surface area contributed by atoms with Crippen molar-refractivity contribution >= 4 is 11.9 Å². The molecular weight excluding hydrogens is 262 g/mol. The predicted octanol–water partition coefficient (Wildman–Crippen LogP) is 0.242. The lowest BCUT2D eigenvalue weighted by molar-refractivity contribution is -0.148. The van der Waals surface area contributed by atoms with Gasteiger partial charge in [0.05, 0.1) is 19.8 Å². The number of methoxy groups -OCH3 is 1. The van der Waals surface area contributed by atoms with Gasteiger partial charge in [-0.2, -0.15) is 0 Å². The number of hydrogen-bond donors (Lipinski definition) is 2. The van der Waals surface area contributed by atoms with Crippen molar-refractivity contribution in [2.24, 2.45) is 0 Å². The van der Waals surface area contributed by atoms with E-state index in [4.69, 9.17) is 4.74 Å². The molecule has 1 rings (SSSR count). The van der Waals surface area contributed by atoms with Crippen LogP contribution in [0, 0.1) is 0 Å². The molecule has 110 valence electrons. The van der Waals surface area contributed by atoms with Crippen LogP contribution < -0.4 is 5.32 Å². The van der Waals surface area contributed by atoms with Crippen LogP contribution in [0.3, 0.4) is 0 Å². The van der Waals surface area contributed by atoms with Crippen molar-refractivity contribution in [3.8, 4) is 0 Å². The summed E-state index contributed by atoms with van der Waals surface area (Å²) in [6, 6.07) is 8.31. The molecule has 6 nitrogen and oxygen atoms in total. The fourth-order valence-corrected chi connectivity index (χ4v) is 1.55. The van der Waals surface area contributed by atoms with Crippen LogP contribution in [-0.4, -0.2) is 42.8 Å². The van der Waals surface area contributed by atoms with Crippen molar-refractivity contribution in [1.29, 1.82) is 0 Å². The summed E-state index contributed by atoms with van der Waals surface area (Å²) in [5.74, 6) is -1.19. The minimum Gasteiger partial charge on any atom is -0.467 e. The van der Waals surface area contributed by atoms with Crippen LogP contribution in [0.15, 0.2) is 30.3 Å². The highest BCUT2D eigenvalue weighted by molar-refractivity contribution is 5.85. The highest BCUT2D eigenvalue weighted by atomic mass is 16.5. The summed E-state index contributed by atoms with van der Waals surface area (Å²) in [6.07, 6.45) is -1.04. The quantitative estimate of drug-likeness (QED) is 0.699. The van der Waals surface area contributed by atoms with Gasteiger partial charge in [-0.15, -0.1) is 0 Å². The van der Waals surface area contributed by atoms with Crippen LogP contribution in [0.25, 0.3) is 0 Å². The topological polar surface area (TPSA) is 84.9 Å². The number of amides is 1. The van der Waals surface area contributed by atoms with Gasteiger partial charge in [-0.3, -0.25) is 4.79 Å². The van der Waals surface area contributed by atoms with Crippen molar-refractivity contribution in [3.05, 3.63) is 35.9 Å². The molecule has 0 aliphatic heterocycles. The Labute approximate surface area is 117 Å². The number of nitrogens with one attached hydrogen (secondary N) is 1. The standard InChI is InChI=1S/C14H19NO5/c1-10(16)13(14(18)19-2)15-12(17)9-20-8-11-6-4-3-5-7-11/h3-7,10,13,16H,8-9H2,1-2H3,(H,15,17)/t10-,13+/m1/s1. The molecule has 6 heteroatoms. The number of ether oxygens (including phenoxy) is 2. The zero-order chi connectivity index (χ0) is 15.0. The number of rotatable bonds is 7. The average molecular weight is 281 g/mol. The maximum atomic E-state index is 11.6. The summed E-state index contributed by atoms with van der Waals surface area (Å²) in [6.45, 7) is 1.49. The molecule has 0 saturated heterocycles. The van der Waals surface area contributed by atoms with Crippen molar-refractivity contribution in [2.45, 2.75) is 25.7 Å². The van der Waals surface area contributed by atoms with Crippen LogP contribution in [0.2, 0.25) is 0 Å². The van der Waals surface area contributed by atoms with Crippen LogP contribution in [-0.2, 0) is 25.7 Å². The van der Waals surface area contributed by atoms with E-state index < -0.39 is 24.0 Å². The van der Waals surface area contributed by atoms with Crippen molar-refractivity contribution < 1.29 is 24.2 Å². The van der Waals surface area contributed by atoms with E-state index in [1.165, 1.54) is 14.0 Å².